The van der Waals surface area contributed by atoms with Crippen molar-refractivity contribution in [1.29, 1.82) is 0 Å². The molecule has 1 heterocycles. The van der Waals surface area contributed by atoms with Crippen LogP contribution in [0.5, 0.6) is 0 Å². The lowest BCUT2D eigenvalue weighted by Gasteiger charge is -2.16. The summed E-state index contributed by atoms with van der Waals surface area (Å²) in [6, 6.07) is 3.31. The molecule has 1 N–H and O–H groups in total. The molecule has 5 nitrogen and oxygen atoms in total. The van der Waals surface area contributed by atoms with Crippen LogP contribution in [-0.2, 0) is 9.53 Å². The molecule has 1 aliphatic rings. The molecular weight excluding hydrogens is 314 g/mol. The first-order valence-electron chi connectivity index (χ1n) is 6.33. The van der Waals surface area contributed by atoms with Crippen molar-refractivity contribution in [2.45, 2.75) is 44.8 Å². The second-order valence-corrected chi connectivity index (χ2v) is 5.42. The van der Waals surface area contributed by atoms with Crippen molar-refractivity contribution in [3.8, 4) is 0 Å². The third-order valence-corrected chi connectivity index (χ3v) is 3.56. The number of rotatable bonds is 4. The summed E-state index contributed by atoms with van der Waals surface area (Å²) in [5, 5.41) is 2.88. The van der Waals surface area contributed by atoms with Crippen LogP contribution in [0.2, 0.25) is 0 Å². The third kappa shape index (κ3) is 3.83. The summed E-state index contributed by atoms with van der Waals surface area (Å²) in [4.78, 5) is 23.5. The van der Waals surface area contributed by atoms with Gasteiger partial charge >= 0.3 is 5.97 Å². The van der Waals surface area contributed by atoms with Crippen LogP contribution < -0.4 is 5.32 Å². The van der Waals surface area contributed by atoms with Crippen molar-refractivity contribution in [3.63, 3.8) is 0 Å². The smallest absolute Gasteiger partial charge is 0.375 e. The maximum atomic E-state index is 11.8. The molecule has 0 radical (unpaired) electrons. The van der Waals surface area contributed by atoms with E-state index in [-0.39, 0.29) is 17.7 Å². The van der Waals surface area contributed by atoms with E-state index < -0.39 is 12.1 Å². The highest BCUT2D eigenvalue weighted by Gasteiger charge is 2.24. The number of hydrogen-bond acceptors (Lipinski definition) is 4. The second kappa shape index (κ2) is 6.23. The number of amides is 1. The number of ether oxygens (including phenoxy) is 1. The van der Waals surface area contributed by atoms with Crippen LogP contribution in [0.25, 0.3) is 0 Å². The van der Waals surface area contributed by atoms with Crippen LogP contribution >= 0.6 is 15.9 Å². The summed E-state index contributed by atoms with van der Waals surface area (Å²) in [6.07, 6.45) is 3.45. The second-order valence-electron chi connectivity index (χ2n) is 4.64. The fraction of sp³-hybridized carbons (Fsp3) is 0.538. The first-order valence-corrected chi connectivity index (χ1v) is 7.12. The standard InChI is InChI=1S/C13H16BrNO4/c1-8(12(16)15-9-4-2-3-5-9)18-13(17)10-6-7-11(14)19-10/h6-9H,2-5H2,1H3,(H,15,16). The van der Waals surface area contributed by atoms with Crippen LogP contribution in [-0.4, -0.2) is 24.0 Å². The van der Waals surface area contributed by atoms with E-state index in [0.29, 0.717) is 4.67 Å². The predicted octanol–water partition coefficient (Wildman–Crippen LogP) is 2.65. The largest absolute Gasteiger partial charge is 0.447 e. The molecule has 1 atom stereocenters. The van der Waals surface area contributed by atoms with Gasteiger partial charge in [-0.3, -0.25) is 4.79 Å². The van der Waals surface area contributed by atoms with Crippen molar-refractivity contribution in [2.24, 2.45) is 0 Å². The van der Waals surface area contributed by atoms with Crippen molar-refractivity contribution < 1.29 is 18.7 Å². The summed E-state index contributed by atoms with van der Waals surface area (Å²) in [5.74, 6) is -0.821. The van der Waals surface area contributed by atoms with E-state index in [2.05, 4.69) is 21.2 Å². The molecule has 0 spiro atoms. The molecule has 1 aromatic rings. The van der Waals surface area contributed by atoms with E-state index in [0.717, 1.165) is 25.7 Å². The molecule has 0 aliphatic heterocycles. The predicted molar refractivity (Wildman–Crippen MR) is 71.7 cm³/mol. The minimum Gasteiger partial charge on any atom is -0.447 e. The summed E-state index contributed by atoms with van der Waals surface area (Å²) >= 11 is 3.10. The molecule has 1 aromatic heterocycles. The average molecular weight is 330 g/mol. The van der Waals surface area contributed by atoms with Gasteiger partial charge in [-0.15, -0.1) is 0 Å². The summed E-state index contributed by atoms with van der Waals surface area (Å²) in [6.45, 7) is 1.56. The van der Waals surface area contributed by atoms with Gasteiger partial charge in [0.05, 0.1) is 0 Å². The van der Waals surface area contributed by atoms with E-state index in [4.69, 9.17) is 9.15 Å². The molecule has 19 heavy (non-hydrogen) atoms. The normalized spacial score (nSPS) is 17.2. The van der Waals surface area contributed by atoms with Crippen molar-refractivity contribution >= 4 is 27.8 Å². The van der Waals surface area contributed by atoms with E-state index in [1.54, 1.807) is 13.0 Å². The zero-order valence-corrected chi connectivity index (χ0v) is 12.2. The maximum Gasteiger partial charge on any atom is 0.375 e. The Labute approximate surface area is 119 Å². The molecular formula is C13H16BrNO4. The fourth-order valence-electron chi connectivity index (χ4n) is 2.08. The van der Waals surface area contributed by atoms with Crippen LogP contribution in [0.3, 0.4) is 0 Å². The quantitative estimate of drug-likeness (QED) is 0.862. The third-order valence-electron chi connectivity index (χ3n) is 3.13. The molecule has 1 saturated carbocycles. The van der Waals surface area contributed by atoms with Gasteiger partial charge < -0.3 is 14.5 Å². The Balaban J connectivity index is 1.84. The minimum absolute atomic E-state index is 0.0763. The molecule has 104 valence electrons. The maximum absolute atomic E-state index is 11.8. The molecule has 6 heteroatoms. The van der Waals surface area contributed by atoms with Crippen LogP contribution in [0.1, 0.15) is 43.2 Å². The zero-order chi connectivity index (χ0) is 13.8. The Bertz CT molecular complexity index is 465. The number of esters is 1. The van der Waals surface area contributed by atoms with Gasteiger partial charge in [-0.1, -0.05) is 12.8 Å². The van der Waals surface area contributed by atoms with Gasteiger partial charge in [0.25, 0.3) is 5.91 Å². The molecule has 0 bridgehead atoms. The highest BCUT2D eigenvalue weighted by Crippen LogP contribution is 2.18. The average Bonchev–Trinajstić information content (AvgIpc) is 3.00. The van der Waals surface area contributed by atoms with Gasteiger partial charge in [0, 0.05) is 6.04 Å². The van der Waals surface area contributed by atoms with Gasteiger partial charge in [0.2, 0.25) is 5.76 Å². The summed E-state index contributed by atoms with van der Waals surface area (Å²) < 4.78 is 10.6. The molecule has 1 aliphatic carbocycles. The first kappa shape index (κ1) is 14.1. The Morgan fingerprint density at radius 1 is 1.42 bits per heavy atom. The molecule has 1 fully saturated rings. The van der Waals surface area contributed by atoms with Gasteiger partial charge in [-0.25, -0.2) is 4.79 Å². The highest BCUT2D eigenvalue weighted by molar-refractivity contribution is 9.10. The number of hydrogen-bond donors (Lipinski definition) is 1. The molecule has 0 saturated heterocycles. The van der Waals surface area contributed by atoms with Gasteiger partial charge in [0.1, 0.15) is 0 Å². The molecule has 2 rings (SSSR count). The van der Waals surface area contributed by atoms with Crippen LogP contribution in [0.15, 0.2) is 21.2 Å². The topological polar surface area (TPSA) is 68.5 Å². The van der Waals surface area contributed by atoms with E-state index in [1.165, 1.54) is 6.07 Å². The number of halogens is 1. The zero-order valence-electron chi connectivity index (χ0n) is 10.6. The Morgan fingerprint density at radius 2 is 2.11 bits per heavy atom. The van der Waals surface area contributed by atoms with Gasteiger partial charge in [-0.05, 0) is 47.8 Å². The lowest BCUT2D eigenvalue weighted by Crippen LogP contribution is -2.40. The number of carbonyl (C=O) groups excluding carboxylic acids is 2. The number of furan rings is 1. The van der Waals surface area contributed by atoms with E-state index in [9.17, 15) is 9.59 Å². The van der Waals surface area contributed by atoms with Gasteiger partial charge in [-0.2, -0.15) is 0 Å². The van der Waals surface area contributed by atoms with E-state index >= 15 is 0 Å². The Kier molecular flexibility index (Phi) is 4.63. The van der Waals surface area contributed by atoms with Gasteiger partial charge in [0.15, 0.2) is 10.8 Å². The molecule has 1 amide bonds. The number of carbonyl (C=O) groups is 2. The monoisotopic (exact) mass is 329 g/mol. The lowest BCUT2D eigenvalue weighted by atomic mass is 10.2. The van der Waals surface area contributed by atoms with Crippen molar-refractivity contribution in [3.05, 3.63) is 22.6 Å². The highest BCUT2D eigenvalue weighted by atomic mass is 79.9. The lowest BCUT2D eigenvalue weighted by molar-refractivity contribution is -0.129. The van der Waals surface area contributed by atoms with Crippen molar-refractivity contribution in [2.75, 3.05) is 0 Å². The first-order chi connectivity index (χ1) is 9.06. The minimum atomic E-state index is -0.822. The van der Waals surface area contributed by atoms with Crippen molar-refractivity contribution in [1.82, 2.24) is 5.32 Å². The van der Waals surface area contributed by atoms with E-state index in [1.807, 2.05) is 0 Å². The summed E-state index contributed by atoms with van der Waals surface area (Å²) in [5.41, 5.74) is 0. The summed E-state index contributed by atoms with van der Waals surface area (Å²) in [7, 11) is 0. The van der Waals surface area contributed by atoms with Crippen LogP contribution in [0.4, 0.5) is 0 Å². The Morgan fingerprint density at radius 3 is 2.68 bits per heavy atom. The fourth-order valence-corrected chi connectivity index (χ4v) is 2.39. The van der Waals surface area contributed by atoms with Crippen LogP contribution in [0, 0.1) is 0 Å². The molecule has 1 unspecified atom stereocenters. The number of nitrogens with one attached hydrogen (secondary N) is 1. The SMILES string of the molecule is CC(OC(=O)c1ccc(Br)o1)C(=O)NC1CCCC1. The Hall–Kier alpha value is -1.30. The molecule has 0 aromatic carbocycles.